The van der Waals surface area contributed by atoms with E-state index >= 15 is 0 Å². The van der Waals surface area contributed by atoms with E-state index in [1.165, 1.54) is 0 Å². The molecule has 0 spiro atoms. The smallest absolute Gasteiger partial charge is 0.253 e. The lowest BCUT2D eigenvalue weighted by Gasteiger charge is -2.36. The number of aromatic amines is 1. The van der Waals surface area contributed by atoms with E-state index in [0.29, 0.717) is 38.2 Å². The quantitative estimate of drug-likeness (QED) is 0.842. The highest BCUT2D eigenvalue weighted by atomic mass is 16.2. The summed E-state index contributed by atoms with van der Waals surface area (Å²) in [5.74, 6) is -0.0825. The van der Waals surface area contributed by atoms with Crippen LogP contribution >= 0.6 is 0 Å². The Morgan fingerprint density at radius 1 is 1.12 bits per heavy atom. The molecule has 7 nitrogen and oxygen atoms in total. The van der Waals surface area contributed by atoms with Crippen molar-refractivity contribution in [3.8, 4) is 0 Å². The second kappa shape index (κ2) is 7.27. The van der Waals surface area contributed by atoms with Crippen molar-refractivity contribution >= 4 is 11.8 Å². The first-order valence-electron chi connectivity index (χ1n) is 8.01. The molecule has 1 aromatic carbocycles. The number of H-pyrrole nitrogens is 1. The molecule has 1 aliphatic heterocycles. The average Bonchev–Trinajstić information content (AvgIpc) is 3.14. The van der Waals surface area contributed by atoms with Gasteiger partial charge in [-0.05, 0) is 12.1 Å². The maximum atomic E-state index is 12.4. The maximum absolute atomic E-state index is 12.4. The molecule has 24 heavy (non-hydrogen) atoms. The van der Waals surface area contributed by atoms with Gasteiger partial charge in [0.15, 0.2) is 0 Å². The van der Waals surface area contributed by atoms with Gasteiger partial charge in [0.2, 0.25) is 5.91 Å². The van der Waals surface area contributed by atoms with Crippen molar-refractivity contribution in [1.82, 2.24) is 19.8 Å². The molecule has 2 aromatic rings. The highest BCUT2D eigenvalue weighted by Crippen LogP contribution is 2.10. The second-order valence-corrected chi connectivity index (χ2v) is 5.87. The van der Waals surface area contributed by atoms with Crippen molar-refractivity contribution in [2.75, 3.05) is 26.2 Å². The highest BCUT2D eigenvalue weighted by molar-refractivity contribution is 5.94. The van der Waals surface area contributed by atoms with Crippen molar-refractivity contribution in [3.63, 3.8) is 0 Å². The zero-order valence-corrected chi connectivity index (χ0v) is 13.4. The van der Waals surface area contributed by atoms with Crippen LogP contribution in [0.1, 0.15) is 16.1 Å². The molecule has 1 aromatic heterocycles. The Morgan fingerprint density at radius 2 is 1.79 bits per heavy atom. The topological polar surface area (TPSA) is 95.3 Å². The molecule has 3 N–H and O–H groups in total. The maximum Gasteiger partial charge on any atom is 0.253 e. The third-order valence-electron chi connectivity index (χ3n) is 4.21. The summed E-state index contributed by atoms with van der Waals surface area (Å²) < 4.78 is 0. The number of rotatable bonds is 4. The van der Waals surface area contributed by atoms with Crippen LogP contribution in [0.4, 0.5) is 0 Å². The average molecular weight is 327 g/mol. The fourth-order valence-corrected chi connectivity index (χ4v) is 2.85. The molecule has 7 heteroatoms. The van der Waals surface area contributed by atoms with Gasteiger partial charge in [-0.25, -0.2) is 4.98 Å². The van der Waals surface area contributed by atoms with Crippen molar-refractivity contribution in [1.29, 1.82) is 0 Å². The lowest BCUT2D eigenvalue weighted by Crippen LogP contribution is -2.54. The number of hydrogen-bond acceptors (Lipinski definition) is 4. The number of benzene rings is 1. The summed E-state index contributed by atoms with van der Waals surface area (Å²) in [5, 5.41) is 0. The number of nitrogens with zero attached hydrogens (tertiary/aromatic N) is 3. The highest BCUT2D eigenvalue weighted by Gasteiger charge is 2.27. The van der Waals surface area contributed by atoms with Gasteiger partial charge in [-0.2, -0.15) is 0 Å². The number of piperazine rings is 1. The van der Waals surface area contributed by atoms with E-state index in [0.717, 1.165) is 5.69 Å². The molecule has 2 heterocycles. The number of nitrogens with two attached hydrogens (primary N) is 1. The first-order valence-corrected chi connectivity index (χ1v) is 8.01. The summed E-state index contributed by atoms with van der Waals surface area (Å²) in [7, 11) is 0. The Balaban J connectivity index is 1.53. The summed E-state index contributed by atoms with van der Waals surface area (Å²) >= 11 is 0. The van der Waals surface area contributed by atoms with E-state index in [9.17, 15) is 9.59 Å². The normalized spacial score (nSPS) is 16.0. The van der Waals surface area contributed by atoms with Crippen LogP contribution in [0.2, 0.25) is 0 Å². The monoisotopic (exact) mass is 327 g/mol. The van der Waals surface area contributed by atoms with E-state index in [4.69, 9.17) is 5.73 Å². The molecule has 0 saturated carbocycles. The van der Waals surface area contributed by atoms with Crippen molar-refractivity contribution < 1.29 is 9.59 Å². The minimum Gasteiger partial charge on any atom is -0.348 e. The Bertz CT molecular complexity index is 678. The molecule has 3 rings (SSSR count). The molecular weight excluding hydrogens is 306 g/mol. The molecule has 1 saturated heterocycles. The summed E-state index contributed by atoms with van der Waals surface area (Å²) in [6.07, 6.45) is 3.67. The van der Waals surface area contributed by atoms with Gasteiger partial charge < -0.3 is 20.5 Å². The molecule has 0 bridgehead atoms. The number of carbonyl (C=O) groups excluding carboxylic acids is 2. The number of hydrogen-bond donors (Lipinski definition) is 2. The van der Waals surface area contributed by atoms with Gasteiger partial charge in [0, 0.05) is 50.1 Å². The van der Waals surface area contributed by atoms with Crippen LogP contribution in [-0.2, 0) is 11.2 Å². The van der Waals surface area contributed by atoms with Crippen molar-refractivity contribution in [3.05, 3.63) is 54.1 Å². The minimum absolute atomic E-state index is 0.00413. The van der Waals surface area contributed by atoms with E-state index in [-0.39, 0.29) is 11.8 Å². The zero-order valence-electron chi connectivity index (χ0n) is 13.4. The molecule has 1 aliphatic rings. The fraction of sp³-hybridized carbons (Fsp3) is 0.353. The van der Waals surface area contributed by atoms with E-state index in [1.54, 1.807) is 34.5 Å². The van der Waals surface area contributed by atoms with E-state index in [1.807, 2.05) is 18.2 Å². The number of carbonyl (C=O) groups is 2. The molecule has 126 valence electrons. The van der Waals surface area contributed by atoms with Crippen molar-refractivity contribution in [2.45, 2.75) is 12.5 Å². The number of imidazole rings is 1. The van der Waals surface area contributed by atoms with Crippen LogP contribution in [0.15, 0.2) is 42.9 Å². The molecule has 0 aliphatic carbocycles. The number of nitrogens with one attached hydrogen (secondary N) is 1. The Hall–Kier alpha value is -2.67. The van der Waals surface area contributed by atoms with Gasteiger partial charge in [-0.1, -0.05) is 18.2 Å². The lowest BCUT2D eigenvalue weighted by atomic mass is 10.1. The Morgan fingerprint density at radius 3 is 2.42 bits per heavy atom. The third kappa shape index (κ3) is 3.62. The molecule has 1 atom stereocenters. The van der Waals surface area contributed by atoms with Gasteiger partial charge in [-0.15, -0.1) is 0 Å². The van der Waals surface area contributed by atoms with Crippen LogP contribution in [-0.4, -0.2) is 63.8 Å². The van der Waals surface area contributed by atoms with Crippen LogP contribution in [0.25, 0.3) is 0 Å². The van der Waals surface area contributed by atoms with Crippen LogP contribution in [0, 0.1) is 0 Å². The van der Waals surface area contributed by atoms with Crippen LogP contribution in [0.3, 0.4) is 0 Å². The summed E-state index contributed by atoms with van der Waals surface area (Å²) in [6.45, 7) is 2.06. The SMILES string of the molecule is NC(Cc1cnc[nH]1)C(=O)N1CCN(C(=O)c2ccccc2)CC1. The fourth-order valence-electron chi connectivity index (χ4n) is 2.85. The van der Waals surface area contributed by atoms with E-state index < -0.39 is 6.04 Å². The van der Waals surface area contributed by atoms with Gasteiger partial charge in [0.1, 0.15) is 0 Å². The molecule has 2 amide bonds. The first kappa shape index (κ1) is 16.2. The molecule has 0 radical (unpaired) electrons. The van der Waals surface area contributed by atoms with Crippen molar-refractivity contribution in [2.24, 2.45) is 5.73 Å². The third-order valence-corrected chi connectivity index (χ3v) is 4.21. The summed E-state index contributed by atoms with van der Waals surface area (Å²) in [6, 6.07) is 8.60. The minimum atomic E-state index is -0.596. The summed E-state index contributed by atoms with van der Waals surface area (Å²) in [5.41, 5.74) is 7.52. The molecule has 1 unspecified atom stereocenters. The standard InChI is InChI=1S/C17H21N5O2/c18-15(10-14-11-19-12-20-14)17(24)22-8-6-21(7-9-22)16(23)13-4-2-1-3-5-13/h1-5,11-12,15H,6-10,18H2,(H,19,20). The molecular formula is C17H21N5O2. The van der Waals surface area contributed by atoms with Gasteiger partial charge in [0.05, 0.1) is 12.4 Å². The Kier molecular flexibility index (Phi) is 4.90. The predicted octanol–water partition coefficient (Wildman–Crippen LogP) is 0.264. The molecule has 1 fully saturated rings. The van der Waals surface area contributed by atoms with Gasteiger partial charge in [-0.3, -0.25) is 9.59 Å². The van der Waals surface area contributed by atoms with Gasteiger partial charge in [0.25, 0.3) is 5.91 Å². The number of amides is 2. The largest absolute Gasteiger partial charge is 0.348 e. The van der Waals surface area contributed by atoms with Gasteiger partial charge >= 0.3 is 0 Å². The van der Waals surface area contributed by atoms with Crippen LogP contribution in [0.5, 0.6) is 0 Å². The Labute approximate surface area is 140 Å². The van der Waals surface area contributed by atoms with E-state index in [2.05, 4.69) is 9.97 Å². The lowest BCUT2D eigenvalue weighted by molar-refractivity contribution is -0.134. The number of aromatic nitrogens is 2. The summed E-state index contributed by atoms with van der Waals surface area (Å²) in [4.78, 5) is 35.2. The zero-order chi connectivity index (χ0) is 16.9. The first-order chi connectivity index (χ1) is 11.6. The van der Waals surface area contributed by atoms with Crippen LogP contribution < -0.4 is 5.73 Å². The second-order valence-electron chi connectivity index (χ2n) is 5.87. The predicted molar refractivity (Wildman–Crippen MR) is 89.2 cm³/mol.